The van der Waals surface area contributed by atoms with Gasteiger partial charge >= 0.3 is 0 Å². The van der Waals surface area contributed by atoms with Crippen LogP contribution in [-0.4, -0.2) is 40.1 Å². The molecule has 1 aliphatic rings. The first-order chi connectivity index (χ1) is 23.3. The van der Waals surface area contributed by atoms with Gasteiger partial charge in [-0.25, -0.2) is 8.78 Å². The number of aromatic nitrogens is 1. The van der Waals surface area contributed by atoms with Gasteiger partial charge in [0.1, 0.15) is 11.6 Å². The van der Waals surface area contributed by atoms with Crippen LogP contribution in [0.5, 0.6) is 0 Å². The molecule has 2 unspecified atom stereocenters. The molecule has 49 heavy (non-hydrogen) atoms. The molecule has 262 valence electrons. The summed E-state index contributed by atoms with van der Waals surface area (Å²) in [4.78, 5) is 26.2. The zero-order chi connectivity index (χ0) is 35.3. The lowest BCUT2D eigenvalue weighted by Crippen LogP contribution is -2.53. The number of ketones is 1. The Morgan fingerprint density at radius 2 is 1.69 bits per heavy atom. The molecule has 2 atom stereocenters. The maximum atomic E-state index is 14.3. The van der Waals surface area contributed by atoms with Crippen molar-refractivity contribution in [3.63, 3.8) is 0 Å². The van der Waals surface area contributed by atoms with Gasteiger partial charge in [-0.15, -0.1) is 0 Å². The van der Waals surface area contributed by atoms with Gasteiger partial charge in [0.25, 0.3) is 5.91 Å². The second-order valence-corrected chi connectivity index (χ2v) is 14.9. The van der Waals surface area contributed by atoms with Crippen molar-refractivity contribution in [1.82, 2.24) is 15.2 Å². The van der Waals surface area contributed by atoms with Crippen LogP contribution in [-0.2, 0) is 23.9 Å². The van der Waals surface area contributed by atoms with Gasteiger partial charge in [-0.1, -0.05) is 83.7 Å². The van der Waals surface area contributed by atoms with Gasteiger partial charge in [-0.2, -0.15) is 0 Å². The van der Waals surface area contributed by atoms with Crippen molar-refractivity contribution in [3.05, 3.63) is 106 Å². The third-order valence-electron chi connectivity index (χ3n) is 10.1. The number of aryl methyl sites for hydroxylation is 1. The average molecular weight is 672 g/mol. The minimum atomic E-state index is -1.07. The Bertz CT molecular complexity index is 1760. The molecular formula is C41H51F2N3O3. The molecule has 5 rings (SSSR count). The highest BCUT2D eigenvalue weighted by molar-refractivity contribution is 6.08. The van der Waals surface area contributed by atoms with Crippen molar-refractivity contribution in [2.75, 3.05) is 6.54 Å². The number of carbonyl (C=O) groups is 2. The number of nitrogens with zero attached hydrogens (tertiary/aromatic N) is 1. The molecule has 8 heteroatoms. The standard InChI is InChI=1S/C41H51F2N3O3/c1-6-7-18-46-26-35(27(2)47)34-15-14-29(22-37(34)46)39(49)45-36(21-28-19-32(42)24-33(43)20-28)38(48)25-44-41(16-9-8-10-17-41)31-13-11-12-30(23-31)40(3,4)5/h11-15,19-20,22-24,26,36,38,44,48H,6-10,16-18,21,25H2,1-5H3,(H,45,49). The number of unbranched alkanes of at least 4 members (excludes halogenated alkanes) is 1. The monoisotopic (exact) mass is 671 g/mol. The fourth-order valence-corrected chi connectivity index (χ4v) is 7.19. The molecule has 0 saturated heterocycles. The van der Waals surface area contributed by atoms with E-state index in [2.05, 4.69) is 62.6 Å². The number of aliphatic hydroxyl groups excluding tert-OH is 1. The van der Waals surface area contributed by atoms with E-state index < -0.39 is 29.7 Å². The fraction of sp³-hybridized carbons (Fsp3) is 0.463. The first-order valence-corrected chi connectivity index (χ1v) is 17.7. The Balaban J connectivity index is 1.43. The van der Waals surface area contributed by atoms with Crippen LogP contribution in [0.4, 0.5) is 8.78 Å². The van der Waals surface area contributed by atoms with Gasteiger partial charge in [-0.3, -0.25) is 9.59 Å². The molecule has 4 aromatic rings. The average Bonchev–Trinajstić information content (AvgIpc) is 3.43. The minimum Gasteiger partial charge on any atom is -0.390 e. The van der Waals surface area contributed by atoms with Crippen LogP contribution in [0.1, 0.15) is 117 Å². The summed E-state index contributed by atoms with van der Waals surface area (Å²) >= 11 is 0. The lowest BCUT2D eigenvalue weighted by Gasteiger charge is -2.41. The third-order valence-corrected chi connectivity index (χ3v) is 10.1. The predicted molar refractivity (Wildman–Crippen MR) is 192 cm³/mol. The van der Waals surface area contributed by atoms with Crippen LogP contribution < -0.4 is 10.6 Å². The number of halogens is 2. The topological polar surface area (TPSA) is 83.4 Å². The van der Waals surface area contributed by atoms with E-state index in [0.717, 1.165) is 61.9 Å². The first kappa shape index (κ1) is 36.4. The second-order valence-electron chi connectivity index (χ2n) is 14.9. The van der Waals surface area contributed by atoms with E-state index in [9.17, 15) is 23.5 Å². The van der Waals surface area contributed by atoms with Gasteiger partial charge in [-0.05, 0) is 79.0 Å². The summed E-state index contributed by atoms with van der Waals surface area (Å²) in [5, 5.41) is 19.2. The Morgan fingerprint density at radius 3 is 2.35 bits per heavy atom. The Kier molecular flexibility index (Phi) is 11.4. The van der Waals surface area contributed by atoms with E-state index in [1.165, 1.54) is 30.2 Å². The number of nitrogens with one attached hydrogen (secondary N) is 2. The number of hydrogen-bond acceptors (Lipinski definition) is 4. The molecule has 6 nitrogen and oxygen atoms in total. The summed E-state index contributed by atoms with van der Waals surface area (Å²) < 4.78 is 30.5. The van der Waals surface area contributed by atoms with Crippen LogP contribution in [0.25, 0.3) is 10.9 Å². The number of rotatable bonds is 13. The van der Waals surface area contributed by atoms with Crippen molar-refractivity contribution in [2.45, 2.75) is 116 Å². The van der Waals surface area contributed by atoms with E-state index in [-0.39, 0.29) is 29.7 Å². The SMILES string of the molecule is CCCCn1cc(C(C)=O)c2ccc(C(=O)NC(Cc3cc(F)cc(F)c3)C(O)CNC3(c4cccc(C(C)(C)C)c4)CCCCC3)cc21. The van der Waals surface area contributed by atoms with Crippen molar-refractivity contribution in [2.24, 2.45) is 0 Å². The van der Waals surface area contributed by atoms with Crippen molar-refractivity contribution in [1.29, 1.82) is 0 Å². The summed E-state index contributed by atoms with van der Waals surface area (Å²) in [5.41, 5.74) is 4.16. The van der Waals surface area contributed by atoms with Crippen LogP contribution in [0.15, 0.2) is 66.9 Å². The van der Waals surface area contributed by atoms with Crippen molar-refractivity contribution < 1.29 is 23.5 Å². The number of aliphatic hydroxyl groups is 1. The van der Waals surface area contributed by atoms with Gasteiger partial charge in [0, 0.05) is 52.9 Å². The summed E-state index contributed by atoms with van der Waals surface area (Å²) in [6, 6.07) is 16.3. The fourth-order valence-electron chi connectivity index (χ4n) is 7.19. The molecule has 1 saturated carbocycles. The molecule has 1 aliphatic carbocycles. The van der Waals surface area contributed by atoms with E-state index in [4.69, 9.17) is 0 Å². The van der Waals surface area contributed by atoms with Gasteiger partial charge in [0.2, 0.25) is 0 Å². The molecule has 1 heterocycles. The maximum absolute atomic E-state index is 14.3. The second kappa shape index (κ2) is 15.3. The Labute approximate surface area is 289 Å². The maximum Gasteiger partial charge on any atom is 0.251 e. The molecule has 1 amide bonds. The summed E-state index contributed by atoms with van der Waals surface area (Å²) in [5.74, 6) is -1.89. The summed E-state index contributed by atoms with van der Waals surface area (Å²) in [6.07, 6.45) is 7.80. The highest BCUT2D eigenvalue weighted by Crippen LogP contribution is 2.39. The predicted octanol–water partition coefficient (Wildman–Crippen LogP) is 8.37. The normalized spacial score (nSPS) is 16.0. The molecular weight excluding hydrogens is 620 g/mol. The molecule has 3 N–H and O–H groups in total. The van der Waals surface area contributed by atoms with Crippen molar-refractivity contribution in [3.8, 4) is 0 Å². The minimum absolute atomic E-state index is 0.0186. The van der Waals surface area contributed by atoms with E-state index in [0.29, 0.717) is 23.2 Å². The smallest absolute Gasteiger partial charge is 0.251 e. The van der Waals surface area contributed by atoms with Gasteiger partial charge in [0.15, 0.2) is 5.78 Å². The zero-order valence-corrected chi connectivity index (χ0v) is 29.5. The number of hydrogen-bond donors (Lipinski definition) is 3. The van der Waals surface area contributed by atoms with Crippen LogP contribution in [0.3, 0.4) is 0 Å². The molecule has 0 radical (unpaired) electrons. The van der Waals surface area contributed by atoms with E-state index in [1.807, 2.05) is 10.8 Å². The van der Waals surface area contributed by atoms with Crippen molar-refractivity contribution >= 4 is 22.6 Å². The quantitative estimate of drug-likeness (QED) is 0.125. The number of benzene rings is 3. The van der Waals surface area contributed by atoms with Crippen LogP contribution in [0, 0.1) is 11.6 Å². The van der Waals surface area contributed by atoms with Gasteiger partial charge in [0.05, 0.1) is 12.1 Å². The summed E-state index contributed by atoms with van der Waals surface area (Å²) in [7, 11) is 0. The first-order valence-electron chi connectivity index (χ1n) is 17.7. The largest absolute Gasteiger partial charge is 0.390 e. The number of fused-ring (bicyclic) bond motifs is 1. The molecule has 0 bridgehead atoms. The van der Waals surface area contributed by atoms with Crippen LogP contribution >= 0.6 is 0 Å². The van der Waals surface area contributed by atoms with Gasteiger partial charge < -0.3 is 20.3 Å². The number of Topliss-reactive ketones (excluding diaryl/α,β-unsaturated/α-hetero) is 1. The van der Waals surface area contributed by atoms with E-state index in [1.54, 1.807) is 18.2 Å². The Hall–Kier alpha value is -3.88. The highest BCUT2D eigenvalue weighted by Gasteiger charge is 2.36. The summed E-state index contributed by atoms with van der Waals surface area (Å²) in [6.45, 7) is 11.1. The highest BCUT2D eigenvalue weighted by atomic mass is 19.1. The molecule has 1 aromatic heterocycles. The zero-order valence-electron chi connectivity index (χ0n) is 29.5. The molecule has 0 spiro atoms. The number of amides is 1. The molecule has 3 aromatic carbocycles. The Morgan fingerprint density at radius 1 is 0.980 bits per heavy atom. The van der Waals surface area contributed by atoms with E-state index >= 15 is 0 Å². The molecule has 0 aliphatic heterocycles. The lowest BCUT2D eigenvalue weighted by atomic mass is 9.74. The number of carbonyl (C=O) groups excluding carboxylic acids is 2. The lowest BCUT2D eigenvalue weighted by molar-refractivity contribution is 0.0788. The van der Waals surface area contributed by atoms with Crippen LogP contribution in [0.2, 0.25) is 0 Å². The molecule has 1 fully saturated rings. The third kappa shape index (κ3) is 8.65.